The number of hydrogen-bond donors (Lipinski definition) is 2. The van der Waals surface area contributed by atoms with Gasteiger partial charge in [0.25, 0.3) is 0 Å². The number of carboxylic acids is 1. The Labute approximate surface area is 104 Å². The van der Waals surface area contributed by atoms with Crippen LogP contribution in [0.15, 0.2) is 17.5 Å². The molecule has 1 aromatic rings. The van der Waals surface area contributed by atoms with E-state index in [4.69, 9.17) is 10.8 Å². The zero-order valence-electron chi connectivity index (χ0n) is 9.47. The van der Waals surface area contributed by atoms with E-state index in [1.54, 1.807) is 23.1 Å². The molecule has 5 heteroatoms. The van der Waals surface area contributed by atoms with Crippen LogP contribution >= 0.6 is 23.1 Å². The van der Waals surface area contributed by atoms with Crippen molar-refractivity contribution in [2.24, 2.45) is 5.73 Å². The predicted molar refractivity (Wildman–Crippen MR) is 70.2 cm³/mol. The molecule has 0 aliphatic rings. The Morgan fingerprint density at radius 1 is 1.69 bits per heavy atom. The number of thioether (sulfide) groups is 1. The zero-order valence-corrected chi connectivity index (χ0v) is 11.1. The fourth-order valence-corrected chi connectivity index (χ4v) is 3.22. The average molecular weight is 259 g/mol. The molecule has 1 rings (SSSR count). The van der Waals surface area contributed by atoms with Gasteiger partial charge in [-0.2, -0.15) is 11.8 Å². The molecule has 0 radical (unpaired) electrons. The molecule has 0 aliphatic carbocycles. The van der Waals surface area contributed by atoms with E-state index in [1.807, 2.05) is 25.3 Å². The SMILES string of the molecule is CC(C)(SCCc1cccs1)[C@@H](N)C(=O)O. The van der Waals surface area contributed by atoms with Crippen molar-refractivity contribution < 1.29 is 9.90 Å². The Kier molecular flexibility index (Phi) is 4.83. The highest BCUT2D eigenvalue weighted by Crippen LogP contribution is 2.28. The van der Waals surface area contributed by atoms with Crippen molar-refractivity contribution in [3.63, 3.8) is 0 Å². The Balaban J connectivity index is 2.39. The van der Waals surface area contributed by atoms with Gasteiger partial charge in [0.15, 0.2) is 0 Å². The first-order chi connectivity index (χ1) is 7.43. The van der Waals surface area contributed by atoms with Crippen LogP contribution in [0, 0.1) is 0 Å². The van der Waals surface area contributed by atoms with Gasteiger partial charge in [-0.3, -0.25) is 4.79 Å². The van der Waals surface area contributed by atoms with E-state index < -0.39 is 16.8 Å². The third-order valence-corrected chi connectivity index (χ3v) is 4.76. The summed E-state index contributed by atoms with van der Waals surface area (Å²) in [5, 5.41) is 10.9. The second-order valence-corrected chi connectivity index (χ2v) is 6.88. The second kappa shape index (κ2) is 5.70. The summed E-state index contributed by atoms with van der Waals surface area (Å²) in [6.45, 7) is 3.76. The monoisotopic (exact) mass is 259 g/mol. The first-order valence-electron chi connectivity index (χ1n) is 5.08. The third-order valence-electron chi connectivity index (χ3n) is 2.42. The van der Waals surface area contributed by atoms with Crippen molar-refractivity contribution in [3.05, 3.63) is 22.4 Å². The molecule has 0 aliphatic heterocycles. The van der Waals surface area contributed by atoms with Gasteiger partial charge in [0, 0.05) is 9.62 Å². The molecule has 0 fully saturated rings. The van der Waals surface area contributed by atoms with Gasteiger partial charge in [0.05, 0.1) is 0 Å². The zero-order chi connectivity index (χ0) is 12.2. The van der Waals surface area contributed by atoms with Crippen molar-refractivity contribution >= 4 is 29.1 Å². The Bertz CT molecular complexity index is 336. The van der Waals surface area contributed by atoms with Gasteiger partial charge in [-0.25, -0.2) is 0 Å². The van der Waals surface area contributed by atoms with Crippen molar-refractivity contribution in [1.82, 2.24) is 0 Å². The van der Waals surface area contributed by atoms with Crippen molar-refractivity contribution in [2.75, 3.05) is 5.75 Å². The van der Waals surface area contributed by atoms with Crippen LogP contribution in [0.25, 0.3) is 0 Å². The standard InChI is InChI=1S/C11H17NO2S2/c1-11(2,9(12)10(13)14)16-7-5-8-4-3-6-15-8/h3-4,6,9H,5,7,12H2,1-2H3,(H,13,14)/t9-/m0/s1. The second-order valence-electron chi connectivity index (χ2n) is 4.10. The molecule has 0 saturated heterocycles. The van der Waals surface area contributed by atoms with Crippen molar-refractivity contribution in [1.29, 1.82) is 0 Å². The normalized spacial score (nSPS) is 13.7. The number of carbonyl (C=O) groups is 1. The lowest BCUT2D eigenvalue weighted by Crippen LogP contribution is -2.46. The summed E-state index contributed by atoms with van der Waals surface area (Å²) in [5.41, 5.74) is 5.64. The summed E-state index contributed by atoms with van der Waals surface area (Å²) in [6.07, 6.45) is 0.970. The molecular weight excluding hydrogens is 242 g/mol. The van der Waals surface area contributed by atoms with Gasteiger partial charge in [0.2, 0.25) is 0 Å². The third kappa shape index (κ3) is 3.81. The van der Waals surface area contributed by atoms with Crippen LogP contribution in [-0.2, 0) is 11.2 Å². The molecule has 0 amide bonds. The summed E-state index contributed by atoms with van der Waals surface area (Å²) in [4.78, 5) is 12.1. The summed E-state index contributed by atoms with van der Waals surface area (Å²) < 4.78 is -0.427. The van der Waals surface area contributed by atoms with E-state index in [2.05, 4.69) is 6.07 Å². The van der Waals surface area contributed by atoms with E-state index in [-0.39, 0.29) is 0 Å². The smallest absolute Gasteiger partial charge is 0.321 e. The number of thiophene rings is 1. The number of nitrogens with two attached hydrogens (primary N) is 1. The Morgan fingerprint density at radius 3 is 2.88 bits per heavy atom. The molecule has 0 unspecified atom stereocenters. The number of aryl methyl sites for hydroxylation is 1. The lowest BCUT2D eigenvalue weighted by Gasteiger charge is -2.27. The fourth-order valence-electron chi connectivity index (χ4n) is 1.26. The minimum atomic E-state index is -0.936. The van der Waals surface area contributed by atoms with Crippen LogP contribution in [0.1, 0.15) is 18.7 Å². The quantitative estimate of drug-likeness (QED) is 0.822. The van der Waals surface area contributed by atoms with E-state index in [0.29, 0.717) is 0 Å². The minimum Gasteiger partial charge on any atom is -0.480 e. The summed E-state index contributed by atoms with van der Waals surface area (Å²) in [6, 6.07) is 3.30. The molecule has 0 aromatic carbocycles. The van der Waals surface area contributed by atoms with Crippen LogP contribution in [0.4, 0.5) is 0 Å². The maximum absolute atomic E-state index is 10.8. The average Bonchev–Trinajstić information content (AvgIpc) is 2.69. The van der Waals surface area contributed by atoms with Gasteiger partial charge in [0.1, 0.15) is 6.04 Å². The number of hydrogen-bond acceptors (Lipinski definition) is 4. The largest absolute Gasteiger partial charge is 0.480 e. The molecule has 0 spiro atoms. The Hall–Kier alpha value is -0.520. The van der Waals surface area contributed by atoms with Gasteiger partial charge >= 0.3 is 5.97 Å². The van der Waals surface area contributed by atoms with Crippen LogP contribution in [0.5, 0.6) is 0 Å². The summed E-state index contributed by atoms with van der Waals surface area (Å²) in [5.74, 6) is -0.0391. The fraction of sp³-hybridized carbons (Fsp3) is 0.545. The highest BCUT2D eigenvalue weighted by atomic mass is 32.2. The van der Waals surface area contributed by atoms with Crippen LogP contribution < -0.4 is 5.73 Å². The summed E-state index contributed by atoms with van der Waals surface area (Å²) in [7, 11) is 0. The predicted octanol–water partition coefficient (Wildman–Crippen LogP) is 2.21. The maximum atomic E-state index is 10.8. The highest BCUT2D eigenvalue weighted by Gasteiger charge is 2.32. The lowest BCUT2D eigenvalue weighted by atomic mass is 10.1. The molecule has 1 heterocycles. The van der Waals surface area contributed by atoms with E-state index in [0.717, 1.165) is 12.2 Å². The first-order valence-corrected chi connectivity index (χ1v) is 6.95. The number of rotatable bonds is 6. The van der Waals surface area contributed by atoms with Gasteiger partial charge in [-0.05, 0) is 37.5 Å². The number of aliphatic carboxylic acids is 1. The lowest BCUT2D eigenvalue weighted by molar-refractivity contribution is -0.139. The van der Waals surface area contributed by atoms with Gasteiger partial charge in [-0.15, -0.1) is 11.3 Å². The van der Waals surface area contributed by atoms with E-state index >= 15 is 0 Å². The molecule has 0 bridgehead atoms. The molecule has 1 aromatic heterocycles. The van der Waals surface area contributed by atoms with Gasteiger partial charge < -0.3 is 10.8 Å². The molecule has 1 atom stereocenters. The van der Waals surface area contributed by atoms with Gasteiger partial charge in [-0.1, -0.05) is 6.07 Å². The van der Waals surface area contributed by atoms with Crippen LogP contribution in [0.2, 0.25) is 0 Å². The molecule has 0 saturated carbocycles. The first kappa shape index (κ1) is 13.5. The minimum absolute atomic E-state index is 0.427. The highest BCUT2D eigenvalue weighted by molar-refractivity contribution is 8.00. The molecule has 16 heavy (non-hydrogen) atoms. The Morgan fingerprint density at radius 2 is 2.38 bits per heavy atom. The topological polar surface area (TPSA) is 63.3 Å². The van der Waals surface area contributed by atoms with Crippen LogP contribution in [0.3, 0.4) is 0 Å². The molecule has 3 N–H and O–H groups in total. The van der Waals surface area contributed by atoms with E-state index in [1.165, 1.54) is 4.88 Å². The molecule has 3 nitrogen and oxygen atoms in total. The number of carboxylic acid groups (broad SMARTS) is 1. The van der Waals surface area contributed by atoms with Crippen molar-refractivity contribution in [3.8, 4) is 0 Å². The van der Waals surface area contributed by atoms with Crippen LogP contribution in [-0.4, -0.2) is 27.6 Å². The maximum Gasteiger partial charge on any atom is 0.321 e. The van der Waals surface area contributed by atoms with E-state index in [9.17, 15) is 4.79 Å². The molecular formula is C11H17NO2S2. The molecule has 90 valence electrons. The van der Waals surface area contributed by atoms with Crippen molar-refractivity contribution in [2.45, 2.75) is 31.1 Å². The summed E-state index contributed by atoms with van der Waals surface area (Å²) >= 11 is 3.34.